The van der Waals surface area contributed by atoms with Gasteiger partial charge >= 0.3 is 5.97 Å². The molecule has 0 heterocycles. The van der Waals surface area contributed by atoms with Gasteiger partial charge < -0.3 is 4.74 Å². The van der Waals surface area contributed by atoms with Gasteiger partial charge in [0.1, 0.15) is 0 Å². The van der Waals surface area contributed by atoms with Gasteiger partial charge in [-0.1, -0.05) is 17.7 Å². The standard InChI is InChI=1S/C10H15ClO2S/c1-13-9(12)7-10(3-4-10)8-14-6-2-5-11/h2,5H,3-4,6-8H2,1H3/b5-2+. The minimum Gasteiger partial charge on any atom is -0.469 e. The van der Waals surface area contributed by atoms with E-state index in [1.165, 1.54) is 12.6 Å². The largest absolute Gasteiger partial charge is 0.469 e. The fourth-order valence-corrected chi connectivity index (χ4v) is 2.68. The van der Waals surface area contributed by atoms with Crippen LogP contribution in [0.2, 0.25) is 0 Å². The van der Waals surface area contributed by atoms with Crippen LogP contribution in [-0.2, 0) is 9.53 Å². The molecule has 1 aliphatic carbocycles. The SMILES string of the molecule is COC(=O)CC1(CSC/C=C/Cl)CC1. The van der Waals surface area contributed by atoms with E-state index >= 15 is 0 Å². The number of hydrogen-bond donors (Lipinski definition) is 0. The average Bonchev–Trinajstić information content (AvgIpc) is 2.93. The van der Waals surface area contributed by atoms with Gasteiger partial charge in [-0.25, -0.2) is 0 Å². The topological polar surface area (TPSA) is 26.3 Å². The minimum atomic E-state index is -0.0871. The molecule has 1 aliphatic rings. The number of carbonyl (C=O) groups is 1. The third kappa shape index (κ3) is 3.93. The molecule has 0 spiro atoms. The summed E-state index contributed by atoms with van der Waals surface area (Å²) in [6.07, 6.45) is 4.79. The summed E-state index contributed by atoms with van der Waals surface area (Å²) in [7, 11) is 1.45. The molecule has 80 valence electrons. The maximum Gasteiger partial charge on any atom is 0.306 e. The Morgan fingerprint density at radius 2 is 2.36 bits per heavy atom. The van der Waals surface area contributed by atoms with Crippen molar-refractivity contribution in [3.8, 4) is 0 Å². The third-order valence-electron chi connectivity index (χ3n) is 2.42. The lowest BCUT2D eigenvalue weighted by atomic mass is 10.1. The monoisotopic (exact) mass is 234 g/mol. The molecule has 1 saturated carbocycles. The first kappa shape index (κ1) is 11.9. The second kappa shape index (κ2) is 5.66. The Kier molecular flexibility index (Phi) is 4.82. The van der Waals surface area contributed by atoms with Crippen molar-refractivity contribution in [1.82, 2.24) is 0 Å². The van der Waals surface area contributed by atoms with Gasteiger partial charge in [-0.05, 0) is 24.0 Å². The van der Waals surface area contributed by atoms with Crippen LogP contribution in [0, 0.1) is 5.41 Å². The van der Waals surface area contributed by atoms with Crippen molar-refractivity contribution >= 4 is 29.3 Å². The Morgan fingerprint density at radius 1 is 1.64 bits per heavy atom. The summed E-state index contributed by atoms with van der Waals surface area (Å²) in [5, 5.41) is 0. The molecule has 0 atom stereocenters. The highest BCUT2D eigenvalue weighted by Crippen LogP contribution is 2.51. The minimum absolute atomic E-state index is 0.0871. The molecule has 0 amide bonds. The van der Waals surface area contributed by atoms with Crippen LogP contribution in [0.1, 0.15) is 19.3 Å². The van der Waals surface area contributed by atoms with Gasteiger partial charge in [0, 0.05) is 11.3 Å². The van der Waals surface area contributed by atoms with E-state index in [-0.39, 0.29) is 11.4 Å². The van der Waals surface area contributed by atoms with Crippen LogP contribution in [0.5, 0.6) is 0 Å². The molecule has 0 N–H and O–H groups in total. The maximum absolute atomic E-state index is 11.1. The first-order chi connectivity index (χ1) is 6.72. The predicted molar refractivity (Wildman–Crippen MR) is 60.6 cm³/mol. The number of carbonyl (C=O) groups excluding carboxylic acids is 1. The molecule has 4 heteroatoms. The number of rotatable bonds is 6. The molecule has 0 bridgehead atoms. The molecule has 0 saturated heterocycles. The number of halogens is 1. The Morgan fingerprint density at radius 3 is 2.86 bits per heavy atom. The molecule has 0 radical (unpaired) electrons. The van der Waals surface area contributed by atoms with E-state index in [2.05, 4.69) is 4.74 Å². The fourth-order valence-electron chi connectivity index (χ4n) is 1.31. The summed E-state index contributed by atoms with van der Waals surface area (Å²) in [6, 6.07) is 0. The Hall–Kier alpha value is -0.150. The lowest BCUT2D eigenvalue weighted by Gasteiger charge is -2.11. The maximum atomic E-state index is 11.1. The van der Waals surface area contributed by atoms with Crippen molar-refractivity contribution in [1.29, 1.82) is 0 Å². The molecular weight excluding hydrogens is 220 g/mol. The van der Waals surface area contributed by atoms with Crippen LogP contribution in [-0.4, -0.2) is 24.6 Å². The summed E-state index contributed by atoms with van der Waals surface area (Å²) >= 11 is 7.23. The summed E-state index contributed by atoms with van der Waals surface area (Å²) in [4.78, 5) is 11.1. The first-order valence-corrected chi connectivity index (χ1v) is 6.21. The van der Waals surface area contributed by atoms with Gasteiger partial charge in [0.05, 0.1) is 13.5 Å². The summed E-state index contributed by atoms with van der Waals surface area (Å²) < 4.78 is 4.67. The zero-order valence-corrected chi connectivity index (χ0v) is 9.87. The van der Waals surface area contributed by atoms with Crippen LogP contribution in [0.25, 0.3) is 0 Å². The molecule has 2 nitrogen and oxygen atoms in total. The van der Waals surface area contributed by atoms with Crippen LogP contribution in [0.15, 0.2) is 11.6 Å². The quantitative estimate of drug-likeness (QED) is 0.522. The van der Waals surface area contributed by atoms with Gasteiger partial charge in [0.2, 0.25) is 0 Å². The van der Waals surface area contributed by atoms with E-state index in [0.29, 0.717) is 6.42 Å². The molecule has 0 aromatic carbocycles. The lowest BCUT2D eigenvalue weighted by molar-refractivity contribution is -0.141. The summed E-state index contributed by atoms with van der Waals surface area (Å²) in [6.45, 7) is 0. The van der Waals surface area contributed by atoms with Gasteiger partial charge in [-0.3, -0.25) is 4.79 Å². The molecular formula is C10H15ClO2S. The zero-order valence-electron chi connectivity index (χ0n) is 8.29. The van der Waals surface area contributed by atoms with Crippen molar-refractivity contribution in [2.75, 3.05) is 18.6 Å². The Labute approximate surface area is 94.0 Å². The highest BCUT2D eigenvalue weighted by Gasteiger charge is 2.44. The Bertz CT molecular complexity index is 224. The molecule has 0 aromatic heterocycles. The molecule has 0 unspecified atom stereocenters. The third-order valence-corrected chi connectivity index (χ3v) is 3.84. The number of esters is 1. The van der Waals surface area contributed by atoms with Crippen molar-refractivity contribution in [2.45, 2.75) is 19.3 Å². The van der Waals surface area contributed by atoms with Gasteiger partial charge in [0.15, 0.2) is 0 Å². The highest BCUT2D eigenvalue weighted by atomic mass is 35.5. The van der Waals surface area contributed by atoms with E-state index in [4.69, 9.17) is 11.6 Å². The molecule has 1 rings (SSSR count). The van der Waals surface area contributed by atoms with Crippen molar-refractivity contribution < 1.29 is 9.53 Å². The highest BCUT2D eigenvalue weighted by molar-refractivity contribution is 7.99. The van der Waals surface area contributed by atoms with Crippen LogP contribution in [0.3, 0.4) is 0 Å². The van der Waals surface area contributed by atoms with E-state index in [9.17, 15) is 4.79 Å². The molecule has 0 aliphatic heterocycles. The van der Waals surface area contributed by atoms with E-state index < -0.39 is 0 Å². The molecule has 1 fully saturated rings. The van der Waals surface area contributed by atoms with Crippen molar-refractivity contribution in [2.24, 2.45) is 5.41 Å². The zero-order chi connectivity index (χ0) is 10.4. The first-order valence-electron chi connectivity index (χ1n) is 4.62. The van der Waals surface area contributed by atoms with Gasteiger partial charge in [-0.2, -0.15) is 11.8 Å². The van der Waals surface area contributed by atoms with E-state index in [1.54, 1.807) is 0 Å². The fraction of sp³-hybridized carbons (Fsp3) is 0.700. The number of hydrogen-bond acceptors (Lipinski definition) is 3. The van der Waals surface area contributed by atoms with Crippen molar-refractivity contribution in [3.05, 3.63) is 11.6 Å². The number of methoxy groups -OCH3 is 1. The summed E-state index contributed by atoms with van der Waals surface area (Å²) in [5.74, 6) is 1.87. The predicted octanol–water partition coefficient (Wildman–Crippen LogP) is 2.82. The van der Waals surface area contributed by atoms with Gasteiger partial charge in [0.25, 0.3) is 0 Å². The number of ether oxygens (including phenoxy) is 1. The second-order valence-electron chi connectivity index (χ2n) is 3.63. The van der Waals surface area contributed by atoms with Gasteiger partial charge in [-0.15, -0.1) is 0 Å². The smallest absolute Gasteiger partial charge is 0.306 e. The van der Waals surface area contributed by atoms with Crippen LogP contribution in [0.4, 0.5) is 0 Å². The van der Waals surface area contributed by atoms with E-state index in [1.807, 2.05) is 17.8 Å². The summed E-state index contributed by atoms with van der Waals surface area (Å²) in [5.41, 5.74) is 1.77. The van der Waals surface area contributed by atoms with Crippen molar-refractivity contribution in [3.63, 3.8) is 0 Å². The Balaban J connectivity index is 2.18. The molecule has 0 aromatic rings. The van der Waals surface area contributed by atoms with E-state index in [0.717, 1.165) is 24.3 Å². The molecule has 14 heavy (non-hydrogen) atoms. The van der Waals surface area contributed by atoms with Crippen LogP contribution >= 0.6 is 23.4 Å². The average molecular weight is 235 g/mol. The van der Waals surface area contributed by atoms with Crippen LogP contribution < -0.4 is 0 Å². The number of thioether (sulfide) groups is 1. The lowest BCUT2D eigenvalue weighted by Crippen LogP contribution is -2.13. The second-order valence-corrected chi connectivity index (χ2v) is 4.91. The normalized spacial score (nSPS) is 18.4.